The molecule has 5 heteroatoms. The van der Waals surface area contributed by atoms with Crippen molar-refractivity contribution in [1.29, 1.82) is 0 Å². The van der Waals surface area contributed by atoms with E-state index in [0.29, 0.717) is 24.0 Å². The van der Waals surface area contributed by atoms with Crippen molar-refractivity contribution in [3.8, 4) is 11.5 Å². The molecule has 2 aromatic carbocycles. The second-order valence-corrected chi connectivity index (χ2v) is 7.03. The number of amides is 1. The Balaban J connectivity index is 1.60. The van der Waals surface area contributed by atoms with Gasteiger partial charge in [-0.25, -0.2) is 0 Å². The summed E-state index contributed by atoms with van der Waals surface area (Å²) in [6.45, 7) is 2.09. The largest absolute Gasteiger partial charge is 0.497 e. The number of nitrogens with two attached hydrogens (primary N) is 1. The molecule has 1 aliphatic rings. The highest BCUT2D eigenvalue weighted by Crippen LogP contribution is 2.29. The van der Waals surface area contributed by atoms with Crippen molar-refractivity contribution >= 4 is 12.0 Å². The minimum absolute atomic E-state index is 0.0379. The maximum absolute atomic E-state index is 12.6. The van der Waals surface area contributed by atoms with Crippen LogP contribution in [0.2, 0.25) is 0 Å². The Morgan fingerprint density at radius 2 is 1.79 bits per heavy atom. The van der Waals surface area contributed by atoms with Crippen LogP contribution in [0, 0.1) is 0 Å². The first-order chi connectivity index (χ1) is 13.6. The van der Waals surface area contributed by atoms with E-state index in [1.807, 2.05) is 29.2 Å². The Morgan fingerprint density at radius 1 is 1.11 bits per heavy atom. The van der Waals surface area contributed by atoms with Crippen molar-refractivity contribution in [3.63, 3.8) is 0 Å². The van der Waals surface area contributed by atoms with Crippen molar-refractivity contribution in [2.75, 3.05) is 27.3 Å². The van der Waals surface area contributed by atoms with Crippen molar-refractivity contribution in [2.24, 2.45) is 5.73 Å². The third-order valence-corrected chi connectivity index (χ3v) is 5.26. The molecular formula is C23H28N2O3. The fraction of sp³-hybridized carbons (Fsp3) is 0.348. The van der Waals surface area contributed by atoms with Gasteiger partial charge in [0.1, 0.15) is 11.5 Å². The molecule has 3 rings (SSSR count). The first kappa shape index (κ1) is 20.0. The number of benzene rings is 2. The fourth-order valence-corrected chi connectivity index (χ4v) is 3.61. The van der Waals surface area contributed by atoms with Gasteiger partial charge in [-0.1, -0.05) is 24.3 Å². The van der Waals surface area contributed by atoms with Crippen LogP contribution >= 0.6 is 0 Å². The van der Waals surface area contributed by atoms with E-state index in [2.05, 4.69) is 24.3 Å². The highest BCUT2D eigenvalue weighted by molar-refractivity contribution is 5.92. The molecule has 0 spiro atoms. The molecule has 1 amide bonds. The summed E-state index contributed by atoms with van der Waals surface area (Å²) in [6, 6.07) is 14.0. The first-order valence-electron chi connectivity index (χ1n) is 9.62. The summed E-state index contributed by atoms with van der Waals surface area (Å²) in [5, 5.41) is 0. The second kappa shape index (κ2) is 9.42. The number of carbonyl (C=O) groups excluding carboxylic acids is 1. The summed E-state index contributed by atoms with van der Waals surface area (Å²) in [5.41, 5.74) is 9.11. The normalized spacial score (nSPS) is 15.0. The lowest BCUT2D eigenvalue weighted by atomic mass is 9.88. The van der Waals surface area contributed by atoms with Gasteiger partial charge in [0, 0.05) is 31.8 Å². The standard InChI is InChI=1S/C23H28N2O3/c1-27-21-13-17(14-22(15-21)28-2)6-7-23(26)25-10-8-19(9-11-25)20-5-3-4-18(12-20)16-24/h3-7,12-15,19H,8-11,16,24H2,1-2H3. The molecule has 2 N–H and O–H groups in total. The van der Waals surface area contributed by atoms with Crippen LogP contribution in [-0.4, -0.2) is 38.1 Å². The van der Waals surface area contributed by atoms with E-state index >= 15 is 0 Å². The Labute approximate surface area is 166 Å². The third kappa shape index (κ3) is 4.93. The molecule has 0 saturated carbocycles. The number of ether oxygens (including phenoxy) is 2. The lowest BCUT2D eigenvalue weighted by Crippen LogP contribution is -2.36. The van der Waals surface area contributed by atoms with E-state index in [1.165, 1.54) is 5.56 Å². The number of methoxy groups -OCH3 is 2. The summed E-state index contributed by atoms with van der Waals surface area (Å²) < 4.78 is 10.5. The SMILES string of the molecule is COc1cc(C=CC(=O)N2CCC(c3cccc(CN)c3)CC2)cc(OC)c1. The monoisotopic (exact) mass is 380 g/mol. The van der Waals surface area contributed by atoms with Crippen LogP contribution < -0.4 is 15.2 Å². The molecule has 0 aromatic heterocycles. The molecule has 148 valence electrons. The summed E-state index contributed by atoms with van der Waals surface area (Å²) >= 11 is 0. The molecule has 1 saturated heterocycles. The molecule has 1 aliphatic heterocycles. The van der Waals surface area contributed by atoms with Crippen LogP contribution in [0.3, 0.4) is 0 Å². The van der Waals surface area contributed by atoms with Gasteiger partial charge < -0.3 is 20.1 Å². The average Bonchev–Trinajstić information content (AvgIpc) is 2.77. The molecular weight excluding hydrogens is 352 g/mol. The zero-order chi connectivity index (χ0) is 19.9. The van der Waals surface area contributed by atoms with E-state index in [9.17, 15) is 4.79 Å². The predicted octanol–water partition coefficient (Wildman–Crippen LogP) is 3.58. The Bertz CT molecular complexity index is 817. The summed E-state index contributed by atoms with van der Waals surface area (Å²) in [5.74, 6) is 1.93. The highest BCUT2D eigenvalue weighted by atomic mass is 16.5. The van der Waals surface area contributed by atoms with E-state index in [4.69, 9.17) is 15.2 Å². The Hall–Kier alpha value is -2.79. The van der Waals surface area contributed by atoms with E-state index < -0.39 is 0 Å². The first-order valence-corrected chi connectivity index (χ1v) is 9.62. The minimum Gasteiger partial charge on any atom is -0.497 e. The van der Waals surface area contributed by atoms with Crippen LogP contribution in [0.1, 0.15) is 35.4 Å². The van der Waals surface area contributed by atoms with Crippen molar-refractivity contribution in [3.05, 3.63) is 65.2 Å². The number of hydrogen-bond acceptors (Lipinski definition) is 4. The van der Waals surface area contributed by atoms with Gasteiger partial charge in [0.15, 0.2) is 0 Å². The van der Waals surface area contributed by atoms with E-state index in [1.54, 1.807) is 20.3 Å². The minimum atomic E-state index is 0.0379. The molecule has 5 nitrogen and oxygen atoms in total. The molecule has 0 unspecified atom stereocenters. The van der Waals surface area contributed by atoms with Crippen molar-refractivity contribution in [2.45, 2.75) is 25.3 Å². The molecule has 0 aliphatic carbocycles. The van der Waals surface area contributed by atoms with Crippen molar-refractivity contribution in [1.82, 2.24) is 4.90 Å². The van der Waals surface area contributed by atoms with Crippen molar-refractivity contribution < 1.29 is 14.3 Å². The topological polar surface area (TPSA) is 64.8 Å². The number of nitrogens with zero attached hydrogens (tertiary/aromatic N) is 1. The van der Waals surface area contributed by atoms with Gasteiger partial charge in [-0.2, -0.15) is 0 Å². The summed E-state index contributed by atoms with van der Waals surface area (Å²) in [4.78, 5) is 14.5. The van der Waals surface area contributed by atoms with Gasteiger partial charge in [0.2, 0.25) is 5.91 Å². The smallest absolute Gasteiger partial charge is 0.246 e. The van der Waals surface area contributed by atoms with Gasteiger partial charge in [-0.15, -0.1) is 0 Å². The second-order valence-electron chi connectivity index (χ2n) is 7.03. The molecule has 0 bridgehead atoms. The number of likely N-dealkylation sites (tertiary alicyclic amines) is 1. The lowest BCUT2D eigenvalue weighted by molar-refractivity contribution is -0.126. The number of hydrogen-bond donors (Lipinski definition) is 1. The zero-order valence-corrected chi connectivity index (χ0v) is 16.6. The predicted molar refractivity (Wildman–Crippen MR) is 111 cm³/mol. The Morgan fingerprint density at radius 3 is 2.39 bits per heavy atom. The van der Waals surface area contributed by atoms with E-state index in [-0.39, 0.29) is 5.91 Å². The zero-order valence-electron chi connectivity index (χ0n) is 16.6. The van der Waals surface area contributed by atoms with Crippen LogP contribution in [-0.2, 0) is 11.3 Å². The maximum atomic E-state index is 12.6. The maximum Gasteiger partial charge on any atom is 0.246 e. The van der Waals surface area contributed by atoms with Crippen LogP contribution in [0.25, 0.3) is 6.08 Å². The molecule has 2 aromatic rings. The van der Waals surface area contributed by atoms with Gasteiger partial charge in [-0.05, 0) is 53.7 Å². The Kier molecular flexibility index (Phi) is 6.71. The van der Waals surface area contributed by atoms with Gasteiger partial charge in [-0.3, -0.25) is 4.79 Å². The van der Waals surface area contributed by atoms with Gasteiger partial charge in [0.25, 0.3) is 0 Å². The number of carbonyl (C=O) groups is 1. The molecule has 28 heavy (non-hydrogen) atoms. The van der Waals surface area contributed by atoms with Crippen LogP contribution in [0.15, 0.2) is 48.5 Å². The average molecular weight is 380 g/mol. The summed E-state index contributed by atoms with van der Waals surface area (Å²) in [7, 11) is 3.22. The number of piperidine rings is 1. The van der Waals surface area contributed by atoms with Gasteiger partial charge in [0.05, 0.1) is 14.2 Å². The lowest BCUT2D eigenvalue weighted by Gasteiger charge is -2.31. The highest BCUT2D eigenvalue weighted by Gasteiger charge is 2.22. The molecule has 0 atom stereocenters. The molecule has 1 heterocycles. The molecule has 1 fully saturated rings. The van der Waals surface area contributed by atoms with Crippen LogP contribution in [0.4, 0.5) is 0 Å². The fourth-order valence-electron chi connectivity index (χ4n) is 3.61. The molecule has 0 radical (unpaired) electrons. The van der Waals surface area contributed by atoms with Crippen LogP contribution in [0.5, 0.6) is 11.5 Å². The van der Waals surface area contributed by atoms with E-state index in [0.717, 1.165) is 37.1 Å². The summed E-state index contributed by atoms with van der Waals surface area (Å²) in [6.07, 6.45) is 5.38. The van der Waals surface area contributed by atoms with Gasteiger partial charge >= 0.3 is 0 Å². The quantitative estimate of drug-likeness (QED) is 0.778. The third-order valence-electron chi connectivity index (χ3n) is 5.26. The number of rotatable bonds is 6.